The maximum Gasteiger partial charge on any atom is 0.222 e. The summed E-state index contributed by atoms with van der Waals surface area (Å²) in [5.41, 5.74) is 4.91. The molecule has 1 amide bonds. The second kappa shape index (κ2) is 7.07. The van der Waals surface area contributed by atoms with E-state index in [0.29, 0.717) is 6.54 Å². The summed E-state index contributed by atoms with van der Waals surface area (Å²) >= 11 is 0. The molecule has 0 fully saturated rings. The van der Waals surface area contributed by atoms with Gasteiger partial charge in [0.05, 0.1) is 0 Å². The summed E-state index contributed by atoms with van der Waals surface area (Å²) in [7, 11) is 0. The van der Waals surface area contributed by atoms with Gasteiger partial charge in [-0.25, -0.2) is 0 Å². The van der Waals surface area contributed by atoms with Gasteiger partial charge < -0.3 is 5.32 Å². The predicted molar refractivity (Wildman–Crippen MR) is 87.9 cm³/mol. The van der Waals surface area contributed by atoms with Crippen LogP contribution in [0.5, 0.6) is 0 Å². The maximum atomic E-state index is 11.6. The Bertz CT molecular complexity index is 582. The molecule has 0 saturated heterocycles. The van der Waals surface area contributed by atoms with Crippen LogP contribution in [-0.2, 0) is 17.8 Å². The van der Waals surface area contributed by atoms with E-state index < -0.39 is 0 Å². The monoisotopic (exact) mass is 281 g/mol. The largest absolute Gasteiger partial charge is 0.352 e. The van der Waals surface area contributed by atoms with Gasteiger partial charge in [-0.1, -0.05) is 69.3 Å². The number of nitrogens with one attached hydrogen (secondary N) is 1. The molecule has 0 heterocycles. The normalized spacial score (nSPS) is 10.7. The van der Waals surface area contributed by atoms with Crippen molar-refractivity contribution in [1.82, 2.24) is 5.32 Å². The quantitative estimate of drug-likeness (QED) is 0.875. The molecular weight excluding hydrogens is 258 g/mol. The Morgan fingerprint density at radius 1 is 0.905 bits per heavy atom. The molecule has 0 aliphatic heterocycles. The van der Waals surface area contributed by atoms with Crippen LogP contribution >= 0.6 is 0 Å². The van der Waals surface area contributed by atoms with Crippen molar-refractivity contribution in [2.75, 3.05) is 0 Å². The Hall–Kier alpha value is -2.09. The van der Waals surface area contributed by atoms with Crippen LogP contribution in [0.4, 0.5) is 0 Å². The summed E-state index contributed by atoms with van der Waals surface area (Å²) in [6, 6.07) is 17.0. The lowest BCUT2D eigenvalue weighted by atomic mass is 10.0. The number of rotatable bonds is 5. The van der Waals surface area contributed by atoms with Crippen LogP contribution in [0.25, 0.3) is 11.1 Å². The van der Waals surface area contributed by atoms with Crippen molar-refractivity contribution in [3.63, 3.8) is 0 Å². The predicted octanol–water partition coefficient (Wildman–Crippen LogP) is 4.19. The summed E-state index contributed by atoms with van der Waals surface area (Å²) < 4.78 is 0. The van der Waals surface area contributed by atoms with Crippen LogP contribution < -0.4 is 5.32 Å². The fourth-order valence-corrected chi connectivity index (χ4v) is 2.14. The van der Waals surface area contributed by atoms with Crippen molar-refractivity contribution in [3.05, 3.63) is 59.7 Å². The lowest BCUT2D eigenvalue weighted by Crippen LogP contribution is -2.27. The maximum absolute atomic E-state index is 11.6. The lowest BCUT2D eigenvalue weighted by Gasteiger charge is -2.09. The van der Waals surface area contributed by atoms with Gasteiger partial charge in [0, 0.05) is 12.5 Å². The van der Waals surface area contributed by atoms with Crippen molar-refractivity contribution < 1.29 is 4.79 Å². The molecule has 2 aromatic carbocycles. The van der Waals surface area contributed by atoms with Gasteiger partial charge >= 0.3 is 0 Å². The highest BCUT2D eigenvalue weighted by Crippen LogP contribution is 2.20. The fraction of sp³-hybridized carbons (Fsp3) is 0.316. The lowest BCUT2D eigenvalue weighted by molar-refractivity contribution is -0.124. The van der Waals surface area contributed by atoms with E-state index >= 15 is 0 Å². The van der Waals surface area contributed by atoms with Crippen molar-refractivity contribution in [3.8, 4) is 11.1 Å². The zero-order valence-electron chi connectivity index (χ0n) is 13.0. The van der Waals surface area contributed by atoms with Gasteiger partial charge in [-0.3, -0.25) is 4.79 Å². The van der Waals surface area contributed by atoms with Gasteiger partial charge in [0.1, 0.15) is 0 Å². The number of hydrogen-bond donors (Lipinski definition) is 1. The minimum Gasteiger partial charge on any atom is -0.352 e. The molecule has 0 aromatic heterocycles. The Labute approximate surface area is 127 Å². The molecule has 2 heteroatoms. The fourth-order valence-electron chi connectivity index (χ4n) is 2.14. The molecule has 2 rings (SSSR count). The summed E-state index contributed by atoms with van der Waals surface area (Å²) in [5.74, 6) is 0.121. The standard InChI is InChI=1S/C19H23NO/c1-4-15-5-9-17(10-6-15)18-11-7-16(8-12-18)13-20-19(21)14(2)3/h5-12,14H,4,13H2,1-3H3,(H,20,21). The van der Waals surface area contributed by atoms with Crippen LogP contribution in [0.1, 0.15) is 31.9 Å². The zero-order chi connectivity index (χ0) is 15.2. The third-order valence-electron chi connectivity index (χ3n) is 3.64. The van der Waals surface area contributed by atoms with E-state index in [1.165, 1.54) is 16.7 Å². The Morgan fingerprint density at radius 3 is 1.81 bits per heavy atom. The van der Waals surface area contributed by atoms with Crippen molar-refractivity contribution in [1.29, 1.82) is 0 Å². The minimum absolute atomic E-state index is 0.0290. The molecule has 110 valence electrons. The van der Waals surface area contributed by atoms with Crippen LogP contribution in [-0.4, -0.2) is 5.91 Å². The first-order valence-corrected chi connectivity index (χ1v) is 7.56. The average Bonchev–Trinajstić information content (AvgIpc) is 2.53. The number of benzene rings is 2. The Balaban J connectivity index is 2.02. The first-order valence-electron chi connectivity index (χ1n) is 7.56. The Morgan fingerprint density at radius 2 is 1.38 bits per heavy atom. The van der Waals surface area contributed by atoms with Crippen molar-refractivity contribution in [2.24, 2.45) is 5.92 Å². The number of amides is 1. The molecule has 0 aliphatic carbocycles. The minimum atomic E-state index is 0.0290. The molecule has 21 heavy (non-hydrogen) atoms. The summed E-state index contributed by atoms with van der Waals surface area (Å²) in [5, 5.41) is 2.93. The number of carbonyl (C=O) groups is 1. The number of hydrogen-bond acceptors (Lipinski definition) is 1. The van der Waals surface area contributed by atoms with Crippen LogP contribution in [0, 0.1) is 5.92 Å². The molecule has 0 unspecified atom stereocenters. The molecular formula is C19H23NO. The van der Waals surface area contributed by atoms with E-state index in [-0.39, 0.29) is 11.8 Å². The van der Waals surface area contributed by atoms with E-state index in [1.54, 1.807) is 0 Å². The van der Waals surface area contributed by atoms with Crippen LogP contribution in [0.2, 0.25) is 0 Å². The Kier molecular flexibility index (Phi) is 5.15. The van der Waals surface area contributed by atoms with Gasteiger partial charge in [0.25, 0.3) is 0 Å². The van der Waals surface area contributed by atoms with Gasteiger partial charge in [-0.15, -0.1) is 0 Å². The van der Waals surface area contributed by atoms with Crippen LogP contribution in [0.15, 0.2) is 48.5 Å². The topological polar surface area (TPSA) is 29.1 Å². The third kappa shape index (κ3) is 4.19. The first kappa shape index (κ1) is 15.3. The molecule has 0 bridgehead atoms. The molecule has 0 spiro atoms. The van der Waals surface area contributed by atoms with E-state index in [4.69, 9.17) is 0 Å². The molecule has 0 saturated carbocycles. The summed E-state index contributed by atoms with van der Waals surface area (Å²) in [4.78, 5) is 11.6. The molecule has 0 aliphatic rings. The van der Waals surface area contributed by atoms with E-state index in [9.17, 15) is 4.79 Å². The third-order valence-corrected chi connectivity index (χ3v) is 3.64. The van der Waals surface area contributed by atoms with Crippen LogP contribution in [0.3, 0.4) is 0 Å². The molecule has 0 radical (unpaired) electrons. The highest BCUT2D eigenvalue weighted by molar-refractivity contribution is 5.77. The first-order chi connectivity index (χ1) is 10.1. The van der Waals surface area contributed by atoms with E-state index in [2.05, 4.69) is 60.8 Å². The second-order valence-corrected chi connectivity index (χ2v) is 5.62. The SMILES string of the molecule is CCc1ccc(-c2ccc(CNC(=O)C(C)C)cc2)cc1. The summed E-state index contributed by atoms with van der Waals surface area (Å²) in [6.45, 7) is 6.55. The number of carbonyl (C=O) groups excluding carboxylic acids is 1. The molecule has 1 N–H and O–H groups in total. The smallest absolute Gasteiger partial charge is 0.222 e. The van der Waals surface area contributed by atoms with E-state index in [0.717, 1.165) is 12.0 Å². The number of aryl methyl sites for hydroxylation is 1. The molecule has 2 aromatic rings. The second-order valence-electron chi connectivity index (χ2n) is 5.62. The van der Waals surface area contributed by atoms with Crippen molar-refractivity contribution in [2.45, 2.75) is 33.7 Å². The zero-order valence-corrected chi connectivity index (χ0v) is 13.0. The van der Waals surface area contributed by atoms with E-state index in [1.807, 2.05) is 13.8 Å². The highest BCUT2D eigenvalue weighted by Gasteiger charge is 2.05. The van der Waals surface area contributed by atoms with Gasteiger partial charge in [-0.05, 0) is 28.7 Å². The van der Waals surface area contributed by atoms with Gasteiger partial charge in [0.15, 0.2) is 0 Å². The average molecular weight is 281 g/mol. The highest BCUT2D eigenvalue weighted by atomic mass is 16.1. The molecule has 0 atom stereocenters. The van der Waals surface area contributed by atoms with Crippen molar-refractivity contribution >= 4 is 5.91 Å². The molecule has 2 nitrogen and oxygen atoms in total. The summed E-state index contributed by atoms with van der Waals surface area (Å²) in [6.07, 6.45) is 1.06. The van der Waals surface area contributed by atoms with Gasteiger partial charge in [0.2, 0.25) is 5.91 Å². The van der Waals surface area contributed by atoms with Gasteiger partial charge in [-0.2, -0.15) is 0 Å².